The molecule has 144 valence electrons. The number of allylic oxidation sites excluding steroid dienone is 1. The molecule has 0 bridgehead atoms. The van der Waals surface area contributed by atoms with Crippen molar-refractivity contribution in [3.05, 3.63) is 11.6 Å². The Morgan fingerprint density at radius 1 is 1.26 bits per heavy atom. The van der Waals surface area contributed by atoms with Crippen molar-refractivity contribution in [1.29, 1.82) is 0 Å². The van der Waals surface area contributed by atoms with Gasteiger partial charge in [-0.1, -0.05) is 0 Å². The van der Waals surface area contributed by atoms with Crippen LogP contribution in [0.1, 0.15) is 58.8 Å². The van der Waals surface area contributed by atoms with E-state index in [0.29, 0.717) is 47.2 Å². The number of carbonyl (C=O) groups is 2. The zero-order chi connectivity index (χ0) is 19.8. The number of Topliss-reactive ketones (excluding diaryl/α,β-unsaturated/α-hetero) is 1. The summed E-state index contributed by atoms with van der Waals surface area (Å²) in [6.07, 6.45) is 5.79. The van der Waals surface area contributed by atoms with Gasteiger partial charge in [-0.3, -0.25) is 0 Å². The van der Waals surface area contributed by atoms with Crippen LogP contribution in [0.25, 0.3) is 0 Å². The van der Waals surface area contributed by atoms with Crippen LogP contribution in [0.15, 0.2) is 11.6 Å². The van der Waals surface area contributed by atoms with Gasteiger partial charge in [0.25, 0.3) is 0 Å². The Balaban J connectivity index is 1.73. The molecule has 0 heterocycles. The minimum absolute atomic E-state index is 0.0713. The standard InChI is InChI=1S/C21H29O5.Na/c1-19-7-5-13(23)9-12(19)3-4-14-15-6-8-21(26,17(25)11-22)20(15,2)10-16(24)18(14)19;/h9,11,14-16,18,22,24,26H,3-8,10H2,1-2H3;/t14-,15-,16-,18+,19-,20-,21-;/m0./s1. The van der Waals surface area contributed by atoms with Crippen LogP contribution in [0.5, 0.6) is 0 Å². The summed E-state index contributed by atoms with van der Waals surface area (Å²) in [6.45, 7) is 4.14. The summed E-state index contributed by atoms with van der Waals surface area (Å²) in [5.74, 6) is 0.217. The van der Waals surface area contributed by atoms with Crippen molar-refractivity contribution in [2.75, 3.05) is 0 Å². The van der Waals surface area contributed by atoms with Crippen molar-refractivity contribution in [2.45, 2.75) is 73.9 Å². The van der Waals surface area contributed by atoms with Gasteiger partial charge in [0, 0.05) is 0 Å². The predicted molar refractivity (Wildman–Crippen MR) is 99.8 cm³/mol. The fraction of sp³-hybridized carbons (Fsp3) is 0.810. The van der Waals surface area contributed by atoms with E-state index in [9.17, 15) is 24.9 Å². The number of aliphatic hydroxyl groups is 3. The SMILES string of the molecule is C[C@]12CCC(=O)C=C1CC[C@@H]1[C@@H]2[C@@H](O)C[C@@]2(C)[C@H]1CC[C@]2(O)C(=O)[CH](O)[Na]. The quantitative estimate of drug-likeness (QED) is 0.624. The van der Waals surface area contributed by atoms with Gasteiger partial charge in [-0.15, -0.1) is 0 Å². The average Bonchev–Trinajstić information content (AvgIpc) is 2.86. The van der Waals surface area contributed by atoms with E-state index in [0.717, 1.165) is 25.7 Å². The number of fused-ring (bicyclic) bond motifs is 5. The molecule has 0 radical (unpaired) electrons. The average molecular weight is 384 g/mol. The van der Waals surface area contributed by atoms with Crippen molar-refractivity contribution < 1.29 is 24.9 Å². The minimum atomic E-state index is -1.54. The molecule has 0 aliphatic heterocycles. The third kappa shape index (κ3) is 2.65. The Hall–Kier alpha value is -0.0400. The zero-order valence-corrected chi connectivity index (χ0v) is 18.6. The molecule has 4 aliphatic rings. The number of aliphatic hydroxyl groups excluding tert-OH is 2. The van der Waals surface area contributed by atoms with E-state index in [1.54, 1.807) is 0 Å². The molecule has 0 aromatic rings. The number of rotatable bonds is 2. The number of carbonyl (C=O) groups excluding carboxylic acids is 2. The van der Waals surface area contributed by atoms with E-state index in [1.165, 1.54) is 5.57 Å². The molecule has 27 heavy (non-hydrogen) atoms. The Morgan fingerprint density at radius 2 is 1.96 bits per heavy atom. The van der Waals surface area contributed by atoms with Gasteiger partial charge in [0.2, 0.25) is 0 Å². The molecule has 6 heteroatoms. The summed E-state index contributed by atoms with van der Waals surface area (Å²) in [5, 5.41) is 32.5. The van der Waals surface area contributed by atoms with Crippen LogP contribution in [0.3, 0.4) is 0 Å². The summed E-state index contributed by atoms with van der Waals surface area (Å²) < 4.78 is -1.07. The first-order chi connectivity index (χ1) is 12.5. The second kappa shape index (κ2) is 6.48. The second-order valence-corrected chi connectivity index (χ2v) is 11.1. The topological polar surface area (TPSA) is 94.8 Å². The Morgan fingerprint density at radius 3 is 2.63 bits per heavy atom. The molecule has 0 aromatic carbocycles. The summed E-state index contributed by atoms with van der Waals surface area (Å²) in [6, 6.07) is 0. The molecule has 3 fully saturated rings. The molecule has 0 saturated heterocycles. The van der Waals surface area contributed by atoms with E-state index < -0.39 is 26.3 Å². The van der Waals surface area contributed by atoms with Crippen molar-refractivity contribution in [3.63, 3.8) is 0 Å². The molecule has 0 spiro atoms. The number of ketones is 2. The Kier molecular flexibility index (Phi) is 4.86. The van der Waals surface area contributed by atoms with E-state index >= 15 is 0 Å². The first-order valence-corrected chi connectivity index (χ1v) is 11.6. The molecule has 3 N–H and O–H groups in total. The molecule has 5 nitrogen and oxygen atoms in total. The number of hydrogen-bond acceptors (Lipinski definition) is 5. The molecule has 8 atom stereocenters. The predicted octanol–water partition coefficient (Wildman–Crippen LogP) is 1.28. The molecular formula is C21H29NaO5. The molecule has 1 unspecified atom stereocenters. The Labute approximate surface area is 178 Å². The van der Waals surface area contributed by atoms with Crippen LogP contribution in [0.4, 0.5) is 0 Å². The maximum absolute atomic E-state index is 12.7. The van der Waals surface area contributed by atoms with Crippen molar-refractivity contribution in [2.24, 2.45) is 28.6 Å². The van der Waals surface area contributed by atoms with Crippen molar-refractivity contribution in [1.82, 2.24) is 0 Å². The van der Waals surface area contributed by atoms with Crippen molar-refractivity contribution in [3.8, 4) is 0 Å². The van der Waals surface area contributed by atoms with Crippen LogP contribution in [0.2, 0.25) is 0 Å². The summed E-state index contributed by atoms with van der Waals surface area (Å²) in [4.78, 5) is 24.7. The third-order valence-corrected chi connectivity index (χ3v) is 9.36. The molecule has 4 aliphatic carbocycles. The summed E-state index contributed by atoms with van der Waals surface area (Å²) in [5.41, 5.74) is -1.22. The van der Waals surface area contributed by atoms with Crippen LogP contribution < -0.4 is 0 Å². The van der Waals surface area contributed by atoms with E-state index in [1.807, 2.05) is 13.0 Å². The second-order valence-electron chi connectivity index (χ2n) is 10.0. The number of hydrogen-bond donors (Lipinski definition) is 3. The molecule has 0 aromatic heterocycles. The first-order valence-electron chi connectivity index (χ1n) is 10.4. The fourth-order valence-corrected chi connectivity index (χ4v) is 7.92. The molecular weight excluding hydrogens is 355 g/mol. The van der Waals surface area contributed by atoms with Gasteiger partial charge in [-0.25, -0.2) is 0 Å². The van der Waals surface area contributed by atoms with Crippen LogP contribution in [0, 0.1) is 28.6 Å². The van der Waals surface area contributed by atoms with Gasteiger partial charge >= 0.3 is 178 Å². The van der Waals surface area contributed by atoms with Gasteiger partial charge in [-0.05, 0) is 0 Å². The molecule has 4 rings (SSSR count). The van der Waals surface area contributed by atoms with Gasteiger partial charge in [0.1, 0.15) is 0 Å². The van der Waals surface area contributed by atoms with E-state index in [2.05, 4.69) is 6.92 Å². The summed E-state index contributed by atoms with van der Waals surface area (Å²) >= 11 is 0.302. The fourth-order valence-electron chi connectivity index (χ4n) is 7.44. The first kappa shape index (κ1) is 20.2. The summed E-state index contributed by atoms with van der Waals surface area (Å²) in [7, 11) is 0. The van der Waals surface area contributed by atoms with Gasteiger partial charge in [0.05, 0.1) is 0 Å². The van der Waals surface area contributed by atoms with Gasteiger partial charge in [0.15, 0.2) is 0 Å². The third-order valence-electron chi connectivity index (χ3n) is 8.84. The van der Waals surface area contributed by atoms with Crippen molar-refractivity contribution >= 4 is 39.5 Å². The monoisotopic (exact) mass is 384 g/mol. The van der Waals surface area contributed by atoms with Crippen LogP contribution in [-0.2, 0) is 9.59 Å². The molecule has 3 saturated carbocycles. The molecule has 0 amide bonds. The van der Waals surface area contributed by atoms with Gasteiger partial charge in [-0.2, -0.15) is 0 Å². The van der Waals surface area contributed by atoms with Gasteiger partial charge < -0.3 is 0 Å². The van der Waals surface area contributed by atoms with Crippen LogP contribution in [-0.4, -0.2) is 69.9 Å². The van der Waals surface area contributed by atoms with Crippen LogP contribution >= 0.6 is 0 Å². The maximum atomic E-state index is 12.7. The Bertz CT molecular complexity index is 717. The van der Waals surface area contributed by atoms with E-state index in [4.69, 9.17) is 0 Å². The van der Waals surface area contributed by atoms with E-state index in [-0.39, 0.29) is 29.0 Å². The zero-order valence-electron chi connectivity index (χ0n) is 16.6. The normalized spacial score (nSPS) is 50.3.